The summed E-state index contributed by atoms with van der Waals surface area (Å²) in [6.07, 6.45) is 6.08. The second-order valence-corrected chi connectivity index (χ2v) is 8.79. The summed E-state index contributed by atoms with van der Waals surface area (Å²) in [7, 11) is 0. The molecule has 0 bridgehead atoms. The normalized spacial score (nSPS) is 11.0. The van der Waals surface area contributed by atoms with Gasteiger partial charge in [-0.25, -0.2) is 0 Å². The summed E-state index contributed by atoms with van der Waals surface area (Å²) in [6.45, 7) is 2.11. The maximum atomic E-state index is 8.31. The van der Waals surface area contributed by atoms with E-state index < -0.39 is 0 Å². The molecule has 28 heavy (non-hydrogen) atoms. The van der Waals surface area contributed by atoms with Crippen LogP contribution in [-0.2, 0) is 0 Å². The van der Waals surface area contributed by atoms with Crippen LogP contribution in [0.15, 0.2) is 106 Å². The lowest BCUT2D eigenvalue weighted by molar-refractivity contribution is 1.08. The molecule has 0 aliphatic heterocycles. The van der Waals surface area contributed by atoms with Crippen molar-refractivity contribution < 1.29 is 0 Å². The molecule has 0 fully saturated rings. The van der Waals surface area contributed by atoms with Crippen molar-refractivity contribution in [2.45, 2.75) is 34.5 Å². The van der Waals surface area contributed by atoms with Crippen molar-refractivity contribution in [2.24, 2.45) is 0 Å². The zero-order valence-electron chi connectivity index (χ0n) is 16.1. The fourth-order valence-corrected chi connectivity index (χ4v) is 4.28. The molecular formula is C25H25NS2. The van der Waals surface area contributed by atoms with Crippen molar-refractivity contribution >= 4 is 29.2 Å². The summed E-state index contributed by atoms with van der Waals surface area (Å²) in [5, 5.41) is 8.31. The fraction of sp³-hybridized carbons (Fsp3) is 0.160. The summed E-state index contributed by atoms with van der Waals surface area (Å²) in [5.41, 5.74) is 3.01. The minimum absolute atomic E-state index is 0.701. The predicted octanol–water partition coefficient (Wildman–Crippen LogP) is 7.64. The number of thioether (sulfide) groups is 1. The molecule has 0 aromatic heterocycles. The highest BCUT2D eigenvalue weighted by atomic mass is 32.2. The van der Waals surface area contributed by atoms with E-state index in [-0.39, 0.29) is 0 Å². The van der Waals surface area contributed by atoms with E-state index in [0.717, 1.165) is 24.2 Å². The Bertz CT molecular complexity index is 898. The maximum absolute atomic E-state index is 8.31. The summed E-state index contributed by atoms with van der Waals surface area (Å²) >= 11 is 3.59. The largest absolute Gasteiger partial charge is 0.305 e. The van der Waals surface area contributed by atoms with Crippen LogP contribution in [-0.4, -0.2) is 11.5 Å². The molecule has 0 spiro atoms. The number of hydrogen-bond donors (Lipinski definition) is 1. The third kappa shape index (κ3) is 6.74. The molecule has 3 heteroatoms. The van der Waals surface area contributed by atoms with E-state index in [9.17, 15) is 0 Å². The number of aryl methyl sites for hydroxylation is 1. The van der Waals surface area contributed by atoms with Crippen LogP contribution in [0.1, 0.15) is 24.0 Å². The molecule has 3 aromatic carbocycles. The van der Waals surface area contributed by atoms with Gasteiger partial charge in [0.2, 0.25) is 0 Å². The molecule has 142 valence electrons. The van der Waals surface area contributed by atoms with Crippen molar-refractivity contribution in [2.75, 3.05) is 5.75 Å². The molecule has 3 aromatic rings. The van der Waals surface area contributed by atoms with E-state index in [1.807, 2.05) is 17.8 Å². The molecular weight excluding hydrogens is 378 g/mol. The second-order valence-electron chi connectivity index (χ2n) is 6.55. The van der Waals surface area contributed by atoms with Gasteiger partial charge in [-0.1, -0.05) is 71.9 Å². The van der Waals surface area contributed by atoms with Crippen LogP contribution in [0.25, 0.3) is 0 Å². The lowest BCUT2D eigenvalue weighted by atomic mass is 10.1. The topological polar surface area (TPSA) is 23.9 Å². The van der Waals surface area contributed by atoms with E-state index in [2.05, 4.69) is 91.9 Å². The lowest BCUT2D eigenvalue weighted by Crippen LogP contribution is -1.97. The average molecular weight is 404 g/mol. The minimum Gasteiger partial charge on any atom is -0.305 e. The molecule has 0 aliphatic rings. The zero-order chi connectivity index (χ0) is 19.6. The molecule has 0 heterocycles. The predicted molar refractivity (Wildman–Crippen MR) is 124 cm³/mol. The molecule has 1 nitrogen and oxygen atoms in total. The Morgan fingerprint density at radius 2 is 1.43 bits per heavy atom. The molecule has 0 unspecified atom stereocenters. The molecule has 3 rings (SSSR count). The Morgan fingerprint density at radius 3 is 2.14 bits per heavy atom. The van der Waals surface area contributed by atoms with Crippen LogP contribution in [0.4, 0.5) is 0 Å². The van der Waals surface area contributed by atoms with Gasteiger partial charge in [-0.3, -0.25) is 0 Å². The molecule has 0 atom stereocenters. The first-order valence-corrected chi connectivity index (χ1v) is 11.3. The second kappa shape index (κ2) is 10.9. The van der Waals surface area contributed by atoms with Gasteiger partial charge >= 0.3 is 0 Å². The van der Waals surface area contributed by atoms with Crippen molar-refractivity contribution in [3.05, 3.63) is 102 Å². The Kier molecular flexibility index (Phi) is 8.01. The highest BCUT2D eigenvalue weighted by Crippen LogP contribution is 2.27. The molecule has 1 N–H and O–H groups in total. The Morgan fingerprint density at radius 1 is 0.786 bits per heavy atom. The van der Waals surface area contributed by atoms with E-state index >= 15 is 0 Å². The Hall–Kier alpha value is -2.23. The van der Waals surface area contributed by atoms with Gasteiger partial charge in [0.05, 0.1) is 0 Å². The van der Waals surface area contributed by atoms with Gasteiger partial charge in [-0.15, -0.1) is 11.8 Å². The first kappa shape index (κ1) is 20.5. The van der Waals surface area contributed by atoms with Crippen molar-refractivity contribution in [3.8, 4) is 0 Å². The Labute approximate surface area is 176 Å². The van der Waals surface area contributed by atoms with Gasteiger partial charge in [-0.05, 0) is 61.7 Å². The van der Waals surface area contributed by atoms with Crippen LogP contribution < -0.4 is 0 Å². The highest BCUT2D eigenvalue weighted by Gasteiger charge is 2.02. The molecule has 0 saturated heterocycles. The Balaban J connectivity index is 1.40. The van der Waals surface area contributed by atoms with Crippen LogP contribution in [0.3, 0.4) is 0 Å². The quantitative estimate of drug-likeness (QED) is 0.225. The first-order valence-electron chi connectivity index (χ1n) is 9.46. The number of hydrogen-bond acceptors (Lipinski definition) is 3. The van der Waals surface area contributed by atoms with Crippen molar-refractivity contribution in [1.29, 1.82) is 5.41 Å². The summed E-state index contributed by atoms with van der Waals surface area (Å²) in [4.78, 5) is 3.74. The number of rotatable bonds is 9. The SMILES string of the molecule is Cc1ccc(SC/C=C/CCC(=N)c2ccc(Sc3ccccc3)cc2)cc1. The van der Waals surface area contributed by atoms with Crippen molar-refractivity contribution in [3.63, 3.8) is 0 Å². The van der Waals surface area contributed by atoms with E-state index in [0.29, 0.717) is 5.71 Å². The van der Waals surface area contributed by atoms with Crippen LogP contribution >= 0.6 is 23.5 Å². The average Bonchev–Trinajstić information content (AvgIpc) is 2.73. The zero-order valence-corrected chi connectivity index (χ0v) is 17.7. The highest BCUT2D eigenvalue weighted by molar-refractivity contribution is 7.99. The maximum Gasteiger partial charge on any atom is 0.0389 e. The van der Waals surface area contributed by atoms with Gasteiger partial charge in [0.1, 0.15) is 0 Å². The van der Waals surface area contributed by atoms with Gasteiger partial charge in [0.15, 0.2) is 0 Å². The van der Waals surface area contributed by atoms with Crippen LogP contribution in [0.2, 0.25) is 0 Å². The molecule has 0 radical (unpaired) electrons. The third-order valence-electron chi connectivity index (χ3n) is 4.28. The fourth-order valence-electron chi connectivity index (χ4n) is 2.69. The number of nitrogens with one attached hydrogen (secondary N) is 1. The summed E-state index contributed by atoms with van der Waals surface area (Å²) in [6, 6.07) is 27.3. The van der Waals surface area contributed by atoms with E-state index in [1.54, 1.807) is 11.8 Å². The van der Waals surface area contributed by atoms with E-state index in [4.69, 9.17) is 5.41 Å². The summed E-state index contributed by atoms with van der Waals surface area (Å²) in [5.74, 6) is 0.974. The van der Waals surface area contributed by atoms with Gasteiger partial charge < -0.3 is 5.41 Å². The number of benzene rings is 3. The first-order chi connectivity index (χ1) is 13.7. The van der Waals surface area contributed by atoms with Crippen molar-refractivity contribution in [1.82, 2.24) is 0 Å². The molecule has 0 saturated carbocycles. The van der Waals surface area contributed by atoms with Gasteiger partial charge in [-0.2, -0.15) is 0 Å². The van der Waals surface area contributed by atoms with Crippen LogP contribution in [0.5, 0.6) is 0 Å². The molecule has 0 amide bonds. The van der Waals surface area contributed by atoms with Crippen LogP contribution in [0, 0.1) is 12.3 Å². The van der Waals surface area contributed by atoms with Gasteiger partial charge in [0.25, 0.3) is 0 Å². The van der Waals surface area contributed by atoms with E-state index in [1.165, 1.54) is 20.2 Å². The minimum atomic E-state index is 0.701. The standard InChI is InChI=1S/C25H25NS2/c1-20-11-15-22(16-12-20)27-19-7-3-6-10-25(26)21-13-17-24(18-14-21)28-23-8-4-2-5-9-23/h2-5,7-9,11-18,26H,6,10,19H2,1H3/b7-3+,26-25?. The third-order valence-corrected chi connectivity index (χ3v) is 6.26. The smallest absolute Gasteiger partial charge is 0.0389 e. The summed E-state index contributed by atoms with van der Waals surface area (Å²) < 4.78 is 0. The lowest BCUT2D eigenvalue weighted by Gasteiger charge is -2.05. The number of allylic oxidation sites excluding steroid dienone is 1. The molecule has 0 aliphatic carbocycles. The van der Waals surface area contributed by atoms with Gasteiger partial charge in [0, 0.05) is 26.2 Å². The monoisotopic (exact) mass is 403 g/mol.